The summed E-state index contributed by atoms with van der Waals surface area (Å²) in [6, 6.07) is 24.8. The summed E-state index contributed by atoms with van der Waals surface area (Å²) in [4.78, 5) is 52.9. The molecule has 2 atom stereocenters. The second-order valence-corrected chi connectivity index (χ2v) is 12.4. The molecule has 2 aliphatic rings. The Morgan fingerprint density at radius 1 is 1.11 bits per heavy atom. The van der Waals surface area contributed by atoms with Crippen LogP contribution >= 0.6 is 0 Å². The lowest BCUT2D eigenvalue weighted by Gasteiger charge is -2.22. The highest BCUT2D eigenvalue weighted by atomic mass is 16.5. The number of aryl methyl sites for hydroxylation is 1. The number of hydrogen-bond donors (Lipinski definition) is 5. The van der Waals surface area contributed by atoms with Crippen LogP contribution in [0.15, 0.2) is 108 Å². The quantitative estimate of drug-likeness (QED) is 0.0919. The molecular weight excluding hydrogens is 688 g/mol. The van der Waals surface area contributed by atoms with E-state index in [4.69, 9.17) is 20.3 Å². The molecule has 54 heavy (non-hydrogen) atoms. The van der Waals surface area contributed by atoms with Gasteiger partial charge in [0.05, 0.1) is 29.3 Å². The maximum Gasteiger partial charge on any atom is 0.320 e. The van der Waals surface area contributed by atoms with Crippen LogP contribution in [0.5, 0.6) is 5.75 Å². The Balaban J connectivity index is 0.000000206. The molecule has 288 valence electrons. The van der Waals surface area contributed by atoms with Crippen molar-refractivity contribution in [2.45, 2.75) is 58.5 Å². The minimum Gasteiger partial charge on any atom is -0.493 e. The van der Waals surface area contributed by atoms with Crippen LogP contribution in [-0.4, -0.2) is 83.1 Å². The highest BCUT2D eigenvalue weighted by molar-refractivity contribution is 5.82. The molecule has 2 aliphatic heterocycles. The highest BCUT2D eigenvalue weighted by Gasteiger charge is 2.28. The van der Waals surface area contributed by atoms with E-state index in [1.807, 2.05) is 79.7 Å². The molecule has 13 heteroatoms. The van der Waals surface area contributed by atoms with Gasteiger partial charge in [-0.2, -0.15) is 0 Å². The molecule has 2 unspecified atom stereocenters. The van der Waals surface area contributed by atoms with Gasteiger partial charge in [-0.05, 0) is 74.9 Å². The Morgan fingerprint density at radius 3 is 2.48 bits per heavy atom. The van der Waals surface area contributed by atoms with Crippen LogP contribution in [0.25, 0.3) is 11.0 Å². The number of nitrogens with two attached hydrogens (primary N) is 1. The van der Waals surface area contributed by atoms with Crippen molar-refractivity contribution in [2.75, 3.05) is 38.2 Å². The van der Waals surface area contributed by atoms with Crippen LogP contribution in [0.3, 0.4) is 0 Å². The third kappa shape index (κ3) is 15.0. The Morgan fingerprint density at radius 2 is 1.85 bits per heavy atom. The summed E-state index contributed by atoms with van der Waals surface area (Å²) >= 11 is 0. The summed E-state index contributed by atoms with van der Waals surface area (Å²) in [7, 11) is 0. The monoisotopic (exact) mass is 740 g/mol. The number of fused-ring (bicyclic) bond motifs is 1. The topological polar surface area (TPSA) is 189 Å². The number of ether oxygens (including phenoxy) is 2. The first kappa shape index (κ1) is 42.5. The van der Waals surface area contributed by atoms with Crippen LogP contribution in [0.4, 0.5) is 5.82 Å². The lowest BCUT2D eigenvalue weighted by atomic mass is 10.1. The van der Waals surface area contributed by atoms with Gasteiger partial charge in [0.1, 0.15) is 37.6 Å². The summed E-state index contributed by atoms with van der Waals surface area (Å²) in [6.07, 6.45) is 9.48. The zero-order valence-corrected chi connectivity index (χ0v) is 31.2. The molecule has 1 aromatic heterocycles. The standard InChI is InChI=1S/C16H15N3O.C11H14O.C10H14N2O3.C4H9NO2/c20-16-15(17-11-10-12-6-2-1-3-7-12)18-13-8-4-5-9-14(13)19-16;1-3-4-8-12-11-7-5-6-10(2)9-11;13-5-9-2-1-3-12(9)10(14)4-11-8-6-15-7-8;1-2-3(5)4(6)7/h1-9H,10-11H2,(H,17,18)(H,19,20);3-7,9H,8H2,1-2H3;5-6,9,11H,1-4,7H2;3H,2,5H2,1H3,(H,6,7)/b;4-3-;;. The third-order valence-corrected chi connectivity index (χ3v) is 8.18. The summed E-state index contributed by atoms with van der Waals surface area (Å²) in [5, 5.41) is 14.1. The number of anilines is 1. The largest absolute Gasteiger partial charge is 0.493 e. The fourth-order valence-electron chi connectivity index (χ4n) is 5.03. The van der Waals surface area contributed by atoms with Gasteiger partial charge in [-0.3, -0.25) is 14.4 Å². The number of aromatic nitrogens is 2. The van der Waals surface area contributed by atoms with E-state index in [0.29, 0.717) is 38.5 Å². The lowest BCUT2D eigenvalue weighted by molar-refractivity contribution is -0.138. The molecular formula is C41H52N6O7. The number of carboxylic acids is 1. The summed E-state index contributed by atoms with van der Waals surface area (Å²) in [5.74, 6) is 0.368. The first-order chi connectivity index (χ1) is 26.1. The number of H-pyrrole nitrogens is 1. The van der Waals surface area contributed by atoms with Gasteiger partial charge in [-0.1, -0.05) is 73.7 Å². The molecule has 1 fully saturated rings. The van der Waals surface area contributed by atoms with Crippen molar-refractivity contribution >= 4 is 35.0 Å². The molecule has 1 amide bonds. The SMILES string of the molecule is C/C=C\COc1cccc(C)c1.CCC(N)C(=O)O.O=CC1CCCN1C(=O)CNC1=COC1.O=c1[nH]c2ccccc2nc1NCCc1ccccc1. The lowest BCUT2D eigenvalue weighted by Crippen LogP contribution is -2.42. The number of carbonyl (C=O) groups excluding carboxylic acids is 2. The third-order valence-electron chi connectivity index (χ3n) is 8.18. The molecule has 6 rings (SSSR count). The minimum absolute atomic E-state index is 0.0163. The zero-order chi connectivity index (χ0) is 39.1. The number of amides is 1. The van der Waals surface area contributed by atoms with Crippen LogP contribution in [-0.2, 0) is 25.5 Å². The van der Waals surface area contributed by atoms with Crippen molar-refractivity contribution in [3.05, 3.63) is 124 Å². The number of carbonyl (C=O) groups is 3. The van der Waals surface area contributed by atoms with E-state index in [2.05, 4.69) is 45.7 Å². The van der Waals surface area contributed by atoms with Crippen LogP contribution in [0, 0.1) is 6.92 Å². The number of nitrogens with one attached hydrogen (secondary N) is 3. The number of para-hydroxylation sites is 2. The van der Waals surface area contributed by atoms with E-state index < -0.39 is 12.0 Å². The van der Waals surface area contributed by atoms with Gasteiger partial charge < -0.3 is 45.6 Å². The Hall–Kier alpha value is -5.95. The van der Waals surface area contributed by atoms with Crippen LogP contribution in [0.1, 0.15) is 44.2 Å². The summed E-state index contributed by atoms with van der Waals surface area (Å²) in [5.41, 5.74) is 9.77. The number of carboxylic acid groups (broad SMARTS) is 1. The normalized spacial score (nSPS) is 14.6. The minimum atomic E-state index is -0.928. The molecule has 4 aromatic rings. The van der Waals surface area contributed by atoms with E-state index >= 15 is 0 Å². The van der Waals surface area contributed by atoms with E-state index in [9.17, 15) is 19.2 Å². The number of aliphatic carboxylic acids is 1. The van der Waals surface area contributed by atoms with Gasteiger partial charge in [0.15, 0.2) is 5.82 Å². The molecule has 13 nitrogen and oxygen atoms in total. The van der Waals surface area contributed by atoms with Crippen LogP contribution < -0.4 is 26.7 Å². The highest BCUT2D eigenvalue weighted by Crippen LogP contribution is 2.15. The van der Waals surface area contributed by atoms with Gasteiger partial charge in [-0.25, -0.2) is 4.98 Å². The van der Waals surface area contributed by atoms with E-state index in [1.165, 1.54) is 11.1 Å². The van der Waals surface area contributed by atoms with Gasteiger partial charge in [0.2, 0.25) is 5.91 Å². The number of aromatic amines is 1. The van der Waals surface area contributed by atoms with Crippen molar-refractivity contribution in [1.82, 2.24) is 20.2 Å². The molecule has 0 saturated carbocycles. The predicted molar refractivity (Wildman–Crippen MR) is 211 cm³/mol. The molecule has 0 aliphatic carbocycles. The number of benzene rings is 3. The van der Waals surface area contributed by atoms with Crippen molar-refractivity contribution in [1.29, 1.82) is 0 Å². The van der Waals surface area contributed by atoms with Gasteiger partial charge in [0.25, 0.3) is 5.56 Å². The predicted octanol–water partition coefficient (Wildman–Crippen LogP) is 4.97. The second kappa shape index (κ2) is 23.6. The molecule has 0 spiro atoms. The van der Waals surface area contributed by atoms with E-state index in [0.717, 1.165) is 48.0 Å². The Kier molecular flexibility index (Phi) is 18.5. The Labute approximate surface area is 316 Å². The number of aldehydes is 1. The number of allylic oxidation sites excluding steroid dienone is 1. The zero-order valence-electron chi connectivity index (χ0n) is 31.2. The number of likely N-dealkylation sites (tertiary alicyclic amines) is 1. The van der Waals surface area contributed by atoms with Crippen molar-refractivity contribution in [3.8, 4) is 5.75 Å². The summed E-state index contributed by atoms with van der Waals surface area (Å²) in [6.45, 7) is 8.60. The average molecular weight is 741 g/mol. The van der Waals surface area contributed by atoms with Gasteiger partial charge in [-0.15, -0.1) is 0 Å². The molecule has 3 aromatic carbocycles. The molecule has 0 radical (unpaired) electrons. The summed E-state index contributed by atoms with van der Waals surface area (Å²) < 4.78 is 10.3. The fourth-order valence-corrected chi connectivity index (χ4v) is 5.03. The maximum atomic E-state index is 11.9. The number of rotatable bonds is 13. The van der Waals surface area contributed by atoms with Crippen LogP contribution in [0.2, 0.25) is 0 Å². The number of nitrogens with zero attached hydrogens (tertiary/aromatic N) is 2. The van der Waals surface area contributed by atoms with Crippen molar-refractivity contribution < 1.29 is 29.0 Å². The average Bonchev–Trinajstić information content (AvgIpc) is 3.65. The Bertz CT molecular complexity index is 1880. The smallest absolute Gasteiger partial charge is 0.320 e. The van der Waals surface area contributed by atoms with Crippen molar-refractivity contribution in [2.24, 2.45) is 5.73 Å². The molecule has 1 saturated heterocycles. The van der Waals surface area contributed by atoms with E-state index in [1.54, 1.807) is 18.1 Å². The van der Waals surface area contributed by atoms with E-state index in [-0.39, 0.29) is 24.1 Å². The maximum absolute atomic E-state index is 11.9. The van der Waals surface area contributed by atoms with Gasteiger partial charge in [0, 0.05) is 13.1 Å². The number of hydrogen-bond acceptors (Lipinski definition) is 10. The molecule has 6 N–H and O–H groups in total. The molecule has 0 bridgehead atoms. The first-order valence-electron chi connectivity index (χ1n) is 18.0. The first-order valence-corrected chi connectivity index (χ1v) is 18.0. The fraction of sp³-hybridized carbons (Fsp3) is 0.341. The molecule has 3 heterocycles. The van der Waals surface area contributed by atoms with Crippen molar-refractivity contribution in [3.63, 3.8) is 0 Å². The second-order valence-electron chi connectivity index (χ2n) is 12.4. The van der Waals surface area contributed by atoms with Gasteiger partial charge >= 0.3 is 5.97 Å².